The third-order valence-electron chi connectivity index (χ3n) is 6.90. The van der Waals surface area contributed by atoms with Gasteiger partial charge in [0.25, 0.3) is 0 Å². The van der Waals surface area contributed by atoms with Gasteiger partial charge in [0.2, 0.25) is 0 Å². The van der Waals surface area contributed by atoms with Crippen LogP contribution in [0.15, 0.2) is 18.2 Å². The Hall–Kier alpha value is -1.77. The van der Waals surface area contributed by atoms with Crippen molar-refractivity contribution < 1.29 is 14.4 Å². The maximum Gasteiger partial charge on any atom is 0.163 e. The van der Waals surface area contributed by atoms with Crippen molar-refractivity contribution in [1.29, 1.82) is 0 Å². The summed E-state index contributed by atoms with van der Waals surface area (Å²) in [7, 11) is 0. The molecule has 0 bridgehead atoms. The van der Waals surface area contributed by atoms with E-state index >= 15 is 0 Å². The smallest absolute Gasteiger partial charge is 0.163 e. The van der Waals surface area contributed by atoms with Crippen molar-refractivity contribution in [2.45, 2.75) is 133 Å². The summed E-state index contributed by atoms with van der Waals surface area (Å²) < 4.78 is 0. The maximum atomic E-state index is 12.7. The molecular formula is C33H56O3. The molecule has 0 heterocycles. The number of carbonyl (C=O) groups excluding carboxylic acids is 3. The molecule has 0 saturated carbocycles. The van der Waals surface area contributed by atoms with E-state index in [1.165, 1.54) is 32.6 Å². The molecule has 206 valence electrons. The highest BCUT2D eigenvalue weighted by Crippen LogP contribution is 2.36. The van der Waals surface area contributed by atoms with E-state index in [1.54, 1.807) is 0 Å². The maximum absolute atomic E-state index is 12.7. The fraction of sp³-hybridized carbons (Fsp3) is 0.727. The summed E-state index contributed by atoms with van der Waals surface area (Å²) in [5.41, 5.74) is 3.14. The molecule has 0 aromatic heterocycles. The lowest BCUT2D eigenvalue weighted by Crippen LogP contribution is -2.29. The number of aryl methyl sites for hydroxylation is 1. The van der Waals surface area contributed by atoms with Crippen molar-refractivity contribution in [2.75, 3.05) is 0 Å². The van der Waals surface area contributed by atoms with Crippen molar-refractivity contribution in [3.05, 3.63) is 34.9 Å². The minimum atomic E-state index is -0.0622. The molecule has 0 N–H and O–H groups in total. The number of Topliss-reactive ketones (excluding diaryl/α,β-unsaturated/α-hetero) is 3. The average Bonchev–Trinajstić information content (AvgIpc) is 2.78. The molecular weight excluding hydrogens is 444 g/mol. The Morgan fingerprint density at radius 1 is 0.972 bits per heavy atom. The van der Waals surface area contributed by atoms with Gasteiger partial charge in [0.05, 0.1) is 6.42 Å². The van der Waals surface area contributed by atoms with Crippen LogP contribution in [0.4, 0.5) is 0 Å². The van der Waals surface area contributed by atoms with E-state index in [1.807, 2.05) is 26.0 Å². The van der Waals surface area contributed by atoms with Crippen LogP contribution in [0.3, 0.4) is 0 Å². The van der Waals surface area contributed by atoms with Gasteiger partial charge in [-0.25, -0.2) is 0 Å². The molecule has 3 atom stereocenters. The Morgan fingerprint density at radius 3 is 2.08 bits per heavy atom. The van der Waals surface area contributed by atoms with Gasteiger partial charge in [0.1, 0.15) is 11.6 Å². The van der Waals surface area contributed by atoms with Gasteiger partial charge in [0, 0.05) is 17.9 Å². The average molecular weight is 501 g/mol. The van der Waals surface area contributed by atoms with Gasteiger partial charge in [-0.3, -0.25) is 14.4 Å². The fourth-order valence-corrected chi connectivity index (χ4v) is 5.31. The Kier molecular flexibility index (Phi) is 18.4. The molecule has 0 radical (unpaired) electrons. The molecule has 0 spiro atoms. The number of ketones is 3. The summed E-state index contributed by atoms with van der Waals surface area (Å²) in [6.45, 7) is 18.7. The SMILES string of the molecule is CCC.CCCC(CC1CC(=O)c2c(C)cccc2C1)C(CC)C(=O)CC(C)=O.CCCCC(C)C. The Balaban J connectivity index is 0.00000104. The lowest BCUT2D eigenvalue weighted by Gasteiger charge is -2.31. The Morgan fingerprint density at radius 2 is 1.61 bits per heavy atom. The number of rotatable bonds is 12. The van der Waals surface area contributed by atoms with Crippen LogP contribution in [-0.2, 0) is 16.0 Å². The van der Waals surface area contributed by atoms with Gasteiger partial charge in [-0.15, -0.1) is 0 Å². The zero-order valence-corrected chi connectivity index (χ0v) is 25.0. The van der Waals surface area contributed by atoms with Crippen LogP contribution in [0.2, 0.25) is 0 Å². The quantitative estimate of drug-likeness (QED) is 0.269. The van der Waals surface area contributed by atoms with Crippen LogP contribution in [0.25, 0.3) is 0 Å². The van der Waals surface area contributed by atoms with E-state index in [2.05, 4.69) is 47.6 Å². The Labute approximate surface area is 223 Å². The molecule has 36 heavy (non-hydrogen) atoms. The van der Waals surface area contributed by atoms with E-state index < -0.39 is 0 Å². The van der Waals surface area contributed by atoms with Crippen LogP contribution in [0.5, 0.6) is 0 Å². The first kappa shape index (κ1) is 34.2. The second kappa shape index (κ2) is 19.4. The summed E-state index contributed by atoms with van der Waals surface area (Å²) in [5.74, 6) is 1.67. The first-order chi connectivity index (χ1) is 17.1. The monoisotopic (exact) mass is 500 g/mol. The van der Waals surface area contributed by atoms with Crippen LogP contribution >= 0.6 is 0 Å². The van der Waals surface area contributed by atoms with Crippen molar-refractivity contribution in [3.63, 3.8) is 0 Å². The van der Waals surface area contributed by atoms with Crippen molar-refractivity contribution in [2.24, 2.45) is 23.7 Å². The van der Waals surface area contributed by atoms with Gasteiger partial charge in [-0.05, 0) is 62.0 Å². The molecule has 3 heteroatoms. The number of benzene rings is 1. The molecule has 2 rings (SSSR count). The van der Waals surface area contributed by atoms with Gasteiger partial charge in [-0.1, -0.05) is 105 Å². The predicted octanol–water partition coefficient (Wildman–Crippen LogP) is 9.37. The van der Waals surface area contributed by atoms with Crippen molar-refractivity contribution in [1.82, 2.24) is 0 Å². The van der Waals surface area contributed by atoms with Crippen LogP contribution in [0.1, 0.15) is 141 Å². The van der Waals surface area contributed by atoms with E-state index in [4.69, 9.17) is 0 Å². The van der Waals surface area contributed by atoms with Crippen LogP contribution in [0, 0.1) is 30.6 Å². The number of hydrogen-bond acceptors (Lipinski definition) is 3. The second-order valence-electron chi connectivity index (χ2n) is 11.2. The summed E-state index contributed by atoms with van der Waals surface area (Å²) in [6.07, 6.45) is 10.6. The molecule has 1 aliphatic carbocycles. The topological polar surface area (TPSA) is 51.2 Å². The van der Waals surface area contributed by atoms with Gasteiger partial charge < -0.3 is 0 Å². The zero-order valence-electron chi connectivity index (χ0n) is 25.0. The number of carbonyl (C=O) groups is 3. The van der Waals surface area contributed by atoms with E-state index in [9.17, 15) is 14.4 Å². The molecule has 1 aromatic carbocycles. The fourth-order valence-electron chi connectivity index (χ4n) is 5.31. The normalized spacial score (nSPS) is 16.2. The van der Waals surface area contributed by atoms with Gasteiger partial charge >= 0.3 is 0 Å². The molecule has 0 amide bonds. The molecule has 0 fully saturated rings. The predicted molar refractivity (Wildman–Crippen MR) is 155 cm³/mol. The summed E-state index contributed by atoms with van der Waals surface area (Å²) in [4.78, 5) is 36.6. The van der Waals surface area contributed by atoms with E-state index in [-0.39, 0.29) is 35.6 Å². The third-order valence-corrected chi connectivity index (χ3v) is 6.90. The Bertz CT molecular complexity index is 777. The molecule has 0 saturated heterocycles. The number of fused-ring (bicyclic) bond motifs is 1. The van der Waals surface area contributed by atoms with Crippen LogP contribution < -0.4 is 0 Å². The highest BCUT2D eigenvalue weighted by atomic mass is 16.1. The van der Waals surface area contributed by atoms with Crippen molar-refractivity contribution in [3.8, 4) is 0 Å². The van der Waals surface area contributed by atoms with E-state index in [0.717, 1.165) is 54.7 Å². The second-order valence-corrected chi connectivity index (χ2v) is 11.2. The third kappa shape index (κ3) is 13.0. The summed E-state index contributed by atoms with van der Waals surface area (Å²) in [5, 5.41) is 0. The van der Waals surface area contributed by atoms with Crippen LogP contribution in [-0.4, -0.2) is 17.3 Å². The molecule has 1 aliphatic rings. The summed E-state index contributed by atoms with van der Waals surface area (Å²) in [6, 6.07) is 6.10. The number of unbranched alkanes of at least 4 members (excludes halogenated alkanes) is 1. The molecule has 3 unspecified atom stereocenters. The zero-order chi connectivity index (χ0) is 27.7. The number of hydrogen-bond donors (Lipinski definition) is 0. The first-order valence-electron chi connectivity index (χ1n) is 14.7. The van der Waals surface area contributed by atoms with Crippen molar-refractivity contribution >= 4 is 17.3 Å². The largest absolute Gasteiger partial charge is 0.300 e. The highest BCUT2D eigenvalue weighted by molar-refractivity contribution is 6.00. The lowest BCUT2D eigenvalue weighted by atomic mass is 9.72. The summed E-state index contributed by atoms with van der Waals surface area (Å²) >= 11 is 0. The minimum Gasteiger partial charge on any atom is -0.300 e. The molecule has 0 aliphatic heterocycles. The minimum absolute atomic E-state index is 0.0460. The molecule has 1 aromatic rings. The highest BCUT2D eigenvalue weighted by Gasteiger charge is 2.32. The van der Waals surface area contributed by atoms with Gasteiger partial charge in [-0.2, -0.15) is 0 Å². The van der Waals surface area contributed by atoms with Gasteiger partial charge in [0.15, 0.2) is 5.78 Å². The van der Waals surface area contributed by atoms with E-state index in [0.29, 0.717) is 12.3 Å². The molecule has 3 nitrogen and oxygen atoms in total. The first-order valence-corrected chi connectivity index (χ1v) is 14.7. The lowest BCUT2D eigenvalue weighted by molar-refractivity contribution is -0.129. The standard InChI is InChI=1S/C23H32O3.C7H16.C3H8/c1-5-8-18(20(6-2)21(25)11-16(4)24)12-17-13-19-10-7-9-15(3)23(19)22(26)14-17;1-4-5-6-7(2)3;1-3-2/h7,9-10,17-18,20H,5-6,8,11-14H2,1-4H3;7H,4-6H2,1-3H3;3H2,1-2H3.